The molecule has 0 bridgehead atoms. The molecule has 0 saturated carbocycles. The average Bonchev–Trinajstić information content (AvgIpc) is 0.722. The van der Waals surface area contributed by atoms with Gasteiger partial charge in [0.1, 0.15) is 0 Å². The van der Waals surface area contributed by atoms with Crippen LogP contribution in [0.5, 0.6) is 0 Å². The Morgan fingerprint density at radius 3 is 1.20 bits per heavy atom. The standard InChI is InChI=1S/C3H9IS/c1-4(2,3)5/h1-3H3. The van der Waals surface area contributed by atoms with Crippen LogP contribution in [-0.2, 0) is 0 Å². The molecule has 0 heterocycles. The molecule has 0 aliphatic heterocycles. The first-order chi connectivity index (χ1) is 2.00. The van der Waals surface area contributed by atoms with Crippen LogP contribution in [0.3, 0.4) is 0 Å². The van der Waals surface area contributed by atoms with Gasteiger partial charge >= 0.3 is 40.6 Å². The van der Waals surface area contributed by atoms with Gasteiger partial charge < -0.3 is 0 Å². The van der Waals surface area contributed by atoms with Crippen molar-refractivity contribution in [2.24, 2.45) is 0 Å². The fourth-order valence-corrected chi connectivity index (χ4v) is 0. The number of halogens is 1. The van der Waals surface area contributed by atoms with E-state index in [2.05, 4.69) is 14.8 Å². The van der Waals surface area contributed by atoms with Crippen molar-refractivity contribution in [3.63, 3.8) is 0 Å². The number of hydrogen-bond acceptors (Lipinski definition) is 1. The van der Waals surface area contributed by atoms with E-state index in [4.69, 9.17) is 9.28 Å². The third-order valence-electron chi connectivity index (χ3n) is 0. The molecule has 0 rings (SSSR count). The third kappa shape index (κ3) is 47.7. The predicted molar refractivity (Wildman–Crippen MR) is 39.4 cm³/mol. The van der Waals surface area contributed by atoms with Crippen molar-refractivity contribution in [2.75, 3.05) is 14.8 Å². The predicted octanol–water partition coefficient (Wildman–Crippen LogP) is 2.03. The maximum atomic E-state index is 5.01. The van der Waals surface area contributed by atoms with E-state index in [0.29, 0.717) is 0 Å². The topological polar surface area (TPSA) is 0 Å². The number of rotatable bonds is 0. The SMILES string of the molecule is CI(C)(C)=S. The van der Waals surface area contributed by atoms with E-state index >= 15 is 0 Å². The summed E-state index contributed by atoms with van der Waals surface area (Å²) in [5.41, 5.74) is 0. The van der Waals surface area contributed by atoms with Crippen molar-refractivity contribution in [2.45, 2.75) is 0 Å². The van der Waals surface area contributed by atoms with E-state index in [1.807, 2.05) is 0 Å². The zero-order valence-corrected chi connectivity index (χ0v) is 6.76. The zero-order valence-electron chi connectivity index (χ0n) is 3.79. The molecule has 0 N–H and O–H groups in total. The molecule has 0 spiro atoms. The molecule has 0 nitrogen and oxygen atoms in total. The van der Waals surface area contributed by atoms with E-state index in [-0.39, 0.29) is 0 Å². The molecule has 0 aromatic heterocycles. The molecular formula is C3H9IS. The summed E-state index contributed by atoms with van der Waals surface area (Å²) in [6, 6.07) is 0. The molecule has 0 amide bonds. The summed E-state index contributed by atoms with van der Waals surface area (Å²) in [6.07, 6.45) is 0. The number of alkyl halides is 3. The van der Waals surface area contributed by atoms with Crippen molar-refractivity contribution in [1.29, 1.82) is 0 Å². The summed E-state index contributed by atoms with van der Waals surface area (Å²) in [4.78, 5) is 6.55. The maximum absolute atomic E-state index is 5.01. The minimum atomic E-state index is -1.36. The van der Waals surface area contributed by atoms with Crippen molar-refractivity contribution in [3.05, 3.63) is 0 Å². The summed E-state index contributed by atoms with van der Waals surface area (Å²) in [7, 11) is 5.01. The van der Waals surface area contributed by atoms with Crippen LogP contribution in [0.4, 0.5) is 0 Å². The first kappa shape index (κ1) is 5.95. The summed E-state index contributed by atoms with van der Waals surface area (Å²) in [6.45, 7) is 0. The van der Waals surface area contributed by atoms with Crippen LogP contribution in [0.15, 0.2) is 0 Å². The van der Waals surface area contributed by atoms with Gasteiger partial charge in [-0.15, -0.1) is 0 Å². The van der Waals surface area contributed by atoms with Crippen LogP contribution in [0, 0.1) is 0 Å². The van der Waals surface area contributed by atoms with Crippen LogP contribution in [0.2, 0.25) is 0 Å². The normalized spacial score (nSPS) is 15.0. The minimum absolute atomic E-state index is 1.36. The average molecular weight is 204 g/mol. The van der Waals surface area contributed by atoms with E-state index < -0.39 is 16.5 Å². The number of hydrogen-bond donors (Lipinski definition) is 0. The van der Waals surface area contributed by atoms with Crippen LogP contribution < -0.4 is 0 Å². The Bertz CT molecular complexity index is 53.0. The molecule has 34 valence electrons. The van der Waals surface area contributed by atoms with Gasteiger partial charge in [0.25, 0.3) is 0 Å². The van der Waals surface area contributed by atoms with Gasteiger partial charge in [-0.05, 0) is 0 Å². The molecule has 0 aromatic carbocycles. The van der Waals surface area contributed by atoms with E-state index in [1.54, 1.807) is 0 Å². The van der Waals surface area contributed by atoms with Gasteiger partial charge in [-0.1, -0.05) is 0 Å². The molecule has 0 aliphatic carbocycles. The molecule has 0 aromatic rings. The summed E-state index contributed by atoms with van der Waals surface area (Å²) < 4.78 is 0. The Morgan fingerprint density at radius 2 is 1.20 bits per heavy atom. The van der Waals surface area contributed by atoms with Crippen LogP contribution in [0.25, 0.3) is 0 Å². The molecule has 2 heteroatoms. The van der Waals surface area contributed by atoms with Crippen LogP contribution in [-0.4, -0.2) is 14.8 Å². The molecule has 0 saturated heterocycles. The second-order valence-electron chi connectivity index (χ2n) is 1.60. The zero-order chi connectivity index (χ0) is 4.50. The molecule has 0 unspecified atom stereocenters. The third-order valence-corrected chi connectivity index (χ3v) is 0. The monoisotopic (exact) mass is 204 g/mol. The first-order valence-corrected chi connectivity index (χ1v) is 10.7. The second kappa shape index (κ2) is 1.60. The Kier molecular flexibility index (Phi) is 1.90. The molecule has 0 atom stereocenters. The summed E-state index contributed by atoms with van der Waals surface area (Å²) >= 11 is -1.36. The van der Waals surface area contributed by atoms with Crippen LogP contribution >= 0.6 is 25.8 Å². The Balaban J connectivity index is 3.47. The Labute approximate surface area is 40.6 Å². The Hall–Kier alpha value is 0.950. The summed E-state index contributed by atoms with van der Waals surface area (Å²) in [5, 5.41) is 0. The van der Waals surface area contributed by atoms with Gasteiger partial charge in [-0.3, -0.25) is 0 Å². The fraction of sp³-hybridized carbons (Fsp3) is 1.00. The quantitative estimate of drug-likeness (QED) is 0.429. The van der Waals surface area contributed by atoms with E-state index in [9.17, 15) is 0 Å². The van der Waals surface area contributed by atoms with E-state index in [1.165, 1.54) is 0 Å². The molecule has 0 aliphatic rings. The van der Waals surface area contributed by atoms with Crippen molar-refractivity contribution < 1.29 is 0 Å². The molecule has 0 fully saturated rings. The second-order valence-corrected chi connectivity index (χ2v) is 16.9. The van der Waals surface area contributed by atoms with Gasteiger partial charge in [-0.25, -0.2) is 0 Å². The fourth-order valence-electron chi connectivity index (χ4n) is 0. The summed E-state index contributed by atoms with van der Waals surface area (Å²) in [5.74, 6) is 0. The van der Waals surface area contributed by atoms with Gasteiger partial charge in [0.05, 0.1) is 0 Å². The molecule has 0 radical (unpaired) electrons. The van der Waals surface area contributed by atoms with Crippen molar-refractivity contribution in [3.8, 4) is 0 Å². The van der Waals surface area contributed by atoms with Crippen molar-refractivity contribution >= 4 is 25.8 Å². The van der Waals surface area contributed by atoms with Gasteiger partial charge in [0.2, 0.25) is 0 Å². The first-order valence-electron chi connectivity index (χ1n) is 1.29. The van der Waals surface area contributed by atoms with Crippen LogP contribution in [0.1, 0.15) is 0 Å². The molecule has 5 heavy (non-hydrogen) atoms. The Morgan fingerprint density at radius 1 is 1.20 bits per heavy atom. The van der Waals surface area contributed by atoms with E-state index in [0.717, 1.165) is 0 Å². The van der Waals surface area contributed by atoms with Gasteiger partial charge in [-0.2, -0.15) is 0 Å². The van der Waals surface area contributed by atoms with Crippen molar-refractivity contribution in [1.82, 2.24) is 0 Å². The molecular weight excluding hydrogens is 195 g/mol. The van der Waals surface area contributed by atoms with Gasteiger partial charge in [0, 0.05) is 0 Å². The van der Waals surface area contributed by atoms with Gasteiger partial charge in [0.15, 0.2) is 0 Å².